The second-order valence-electron chi connectivity index (χ2n) is 4.44. The van der Waals surface area contributed by atoms with Crippen LogP contribution in [-0.4, -0.2) is 19.7 Å². The number of aromatic nitrogens is 3. The minimum atomic E-state index is -0.555. The van der Waals surface area contributed by atoms with E-state index in [1.54, 1.807) is 4.68 Å². The predicted octanol–water partition coefficient (Wildman–Crippen LogP) is 1.77. The van der Waals surface area contributed by atoms with Gasteiger partial charge in [-0.3, -0.25) is 14.8 Å². The Bertz CT molecular complexity index is 716. The van der Waals surface area contributed by atoms with E-state index in [9.17, 15) is 10.1 Å². The van der Waals surface area contributed by atoms with Crippen LogP contribution in [0.15, 0.2) is 18.5 Å². The van der Waals surface area contributed by atoms with Gasteiger partial charge in [0.1, 0.15) is 6.07 Å². The monoisotopic (exact) mass is 286 g/mol. The van der Waals surface area contributed by atoms with Crippen molar-refractivity contribution in [1.29, 1.82) is 5.26 Å². The highest BCUT2D eigenvalue weighted by Crippen LogP contribution is 2.23. The molecule has 2 rings (SSSR count). The molecule has 2 aromatic rings. The summed E-state index contributed by atoms with van der Waals surface area (Å²) in [6.07, 6.45) is 3.95. The van der Waals surface area contributed by atoms with Gasteiger partial charge in [-0.2, -0.15) is 10.4 Å². The van der Waals surface area contributed by atoms with Crippen LogP contribution < -0.4 is 5.32 Å². The number of pyridine rings is 1. The summed E-state index contributed by atoms with van der Waals surface area (Å²) in [6, 6.07) is 3.04. The highest BCUT2D eigenvalue weighted by atomic mass is 16.6. The first-order chi connectivity index (χ1) is 10.0. The van der Waals surface area contributed by atoms with Crippen molar-refractivity contribution in [2.45, 2.75) is 19.9 Å². The quantitative estimate of drug-likeness (QED) is 0.662. The molecule has 0 spiro atoms. The van der Waals surface area contributed by atoms with Crippen LogP contribution in [-0.2, 0) is 20.0 Å². The first kappa shape index (κ1) is 14.5. The summed E-state index contributed by atoms with van der Waals surface area (Å²) < 4.78 is 1.70. The summed E-state index contributed by atoms with van der Waals surface area (Å²) in [5, 5.41) is 27.0. The Morgan fingerprint density at radius 2 is 2.33 bits per heavy atom. The lowest BCUT2D eigenvalue weighted by molar-refractivity contribution is -0.384. The van der Waals surface area contributed by atoms with E-state index >= 15 is 0 Å². The number of nitro groups is 1. The molecule has 8 heteroatoms. The molecule has 21 heavy (non-hydrogen) atoms. The Hall–Kier alpha value is -2.95. The van der Waals surface area contributed by atoms with Crippen LogP contribution >= 0.6 is 0 Å². The normalized spacial score (nSPS) is 10.1. The Balaban J connectivity index is 2.23. The Kier molecular flexibility index (Phi) is 4.13. The molecule has 0 atom stereocenters. The van der Waals surface area contributed by atoms with E-state index in [1.165, 1.54) is 12.3 Å². The van der Waals surface area contributed by atoms with Crippen molar-refractivity contribution in [2.24, 2.45) is 7.05 Å². The molecule has 2 aromatic heterocycles. The van der Waals surface area contributed by atoms with Crippen LogP contribution in [0.3, 0.4) is 0 Å². The third-order valence-electron chi connectivity index (χ3n) is 2.97. The van der Waals surface area contributed by atoms with Crippen molar-refractivity contribution in [3.05, 3.63) is 45.4 Å². The van der Waals surface area contributed by atoms with Gasteiger partial charge in [0.25, 0.3) is 0 Å². The highest BCUT2D eigenvalue weighted by molar-refractivity contribution is 5.58. The number of rotatable bonds is 5. The lowest BCUT2D eigenvalue weighted by Crippen LogP contribution is -2.06. The molecule has 1 N–H and O–H groups in total. The van der Waals surface area contributed by atoms with Crippen molar-refractivity contribution in [1.82, 2.24) is 14.8 Å². The van der Waals surface area contributed by atoms with Crippen molar-refractivity contribution >= 4 is 11.5 Å². The Morgan fingerprint density at radius 1 is 1.57 bits per heavy atom. The number of hydrogen-bond acceptors (Lipinski definition) is 6. The second kappa shape index (κ2) is 6.00. The van der Waals surface area contributed by atoms with Crippen molar-refractivity contribution < 1.29 is 4.92 Å². The minimum absolute atomic E-state index is 0.143. The van der Waals surface area contributed by atoms with Crippen LogP contribution in [0.4, 0.5) is 11.5 Å². The summed E-state index contributed by atoms with van der Waals surface area (Å²) in [5.41, 5.74) is 1.83. The fourth-order valence-corrected chi connectivity index (χ4v) is 2.00. The van der Waals surface area contributed by atoms with Crippen LogP contribution in [0.2, 0.25) is 0 Å². The van der Waals surface area contributed by atoms with Gasteiger partial charge in [-0.05, 0) is 6.42 Å². The van der Waals surface area contributed by atoms with Crippen LogP contribution in [0, 0.1) is 21.4 Å². The van der Waals surface area contributed by atoms with Gasteiger partial charge in [0, 0.05) is 37.6 Å². The molecular weight excluding hydrogens is 272 g/mol. The van der Waals surface area contributed by atoms with Crippen molar-refractivity contribution in [2.75, 3.05) is 5.32 Å². The van der Waals surface area contributed by atoms with Gasteiger partial charge < -0.3 is 5.32 Å². The zero-order chi connectivity index (χ0) is 15.4. The smallest absolute Gasteiger partial charge is 0.312 e. The molecule has 108 valence electrons. The third-order valence-corrected chi connectivity index (χ3v) is 2.97. The van der Waals surface area contributed by atoms with Crippen LogP contribution in [0.1, 0.15) is 23.7 Å². The number of aryl methyl sites for hydroxylation is 2. The summed E-state index contributed by atoms with van der Waals surface area (Å²) in [7, 11) is 1.82. The summed E-state index contributed by atoms with van der Waals surface area (Å²) in [5.74, 6) is 0.143. The predicted molar refractivity (Wildman–Crippen MR) is 75.5 cm³/mol. The maximum Gasteiger partial charge on any atom is 0.312 e. The number of nitriles is 1. The molecule has 8 nitrogen and oxygen atoms in total. The Labute approximate surface area is 121 Å². The van der Waals surface area contributed by atoms with Gasteiger partial charge in [0.15, 0.2) is 0 Å². The first-order valence-electron chi connectivity index (χ1n) is 6.35. The first-order valence-corrected chi connectivity index (χ1v) is 6.35. The van der Waals surface area contributed by atoms with Gasteiger partial charge in [0.2, 0.25) is 5.82 Å². The van der Waals surface area contributed by atoms with Crippen LogP contribution in [0.5, 0.6) is 0 Å². The molecule has 0 radical (unpaired) electrons. The van der Waals surface area contributed by atoms with E-state index in [-0.39, 0.29) is 17.1 Å². The number of hydrogen-bond donors (Lipinski definition) is 1. The molecule has 0 saturated heterocycles. The molecule has 2 heterocycles. The number of anilines is 1. The zero-order valence-electron chi connectivity index (χ0n) is 11.7. The average molecular weight is 286 g/mol. The van der Waals surface area contributed by atoms with E-state index in [0.717, 1.165) is 17.7 Å². The fraction of sp³-hybridized carbons (Fsp3) is 0.308. The highest BCUT2D eigenvalue weighted by Gasteiger charge is 2.17. The van der Waals surface area contributed by atoms with Crippen LogP contribution in [0.25, 0.3) is 0 Å². The van der Waals surface area contributed by atoms with Gasteiger partial charge >= 0.3 is 5.69 Å². The van der Waals surface area contributed by atoms with Gasteiger partial charge in [-0.25, -0.2) is 4.98 Å². The molecule has 0 fully saturated rings. The van der Waals surface area contributed by atoms with E-state index in [2.05, 4.69) is 15.4 Å². The lowest BCUT2D eigenvalue weighted by atomic mass is 10.2. The van der Waals surface area contributed by atoms with Gasteiger partial charge in [-0.15, -0.1) is 0 Å². The topological polar surface area (TPSA) is 110 Å². The minimum Gasteiger partial charge on any atom is -0.360 e. The van der Waals surface area contributed by atoms with E-state index in [4.69, 9.17) is 5.26 Å². The number of nitrogens with one attached hydrogen (secondary N) is 1. The fourth-order valence-electron chi connectivity index (χ4n) is 2.00. The van der Waals surface area contributed by atoms with Crippen molar-refractivity contribution in [3.63, 3.8) is 0 Å². The SMILES string of the molecule is CCc1nn(C)cc1CNc1ncc(C#N)cc1[N+](=O)[O-]. The summed E-state index contributed by atoms with van der Waals surface area (Å²) in [4.78, 5) is 14.4. The maximum absolute atomic E-state index is 11.0. The second-order valence-corrected chi connectivity index (χ2v) is 4.44. The summed E-state index contributed by atoms with van der Waals surface area (Å²) in [6.45, 7) is 2.38. The molecule has 0 amide bonds. The maximum atomic E-state index is 11.0. The zero-order valence-corrected chi connectivity index (χ0v) is 11.7. The largest absolute Gasteiger partial charge is 0.360 e. The van der Waals surface area contributed by atoms with E-state index in [0.29, 0.717) is 6.54 Å². The van der Waals surface area contributed by atoms with E-state index < -0.39 is 4.92 Å². The molecule has 0 saturated carbocycles. The average Bonchev–Trinajstić information content (AvgIpc) is 2.84. The molecule has 0 bridgehead atoms. The Morgan fingerprint density at radius 3 is 2.95 bits per heavy atom. The molecule has 0 aromatic carbocycles. The molecule has 0 aliphatic carbocycles. The van der Waals surface area contributed by atoms with E-state index in [1.807, 2.05) is 26.2 Å². The third kappa shape index (κ3) is 3.14. The molecule has 0 aliphatic heterocycles. The lowest BCUT2D eigenvalue weighted by Gasteiger charge is -2.06. The number of nitrogens with zero attached hydrogens (tertiary/aromatic N) is 5. The molecular formula is C13H14N6O2. The molecule has 0 unspecified atom stereocenters. The molecule has 0 aliphatic rings. The van der Waals surface area contributed by atoms with Gasteiger partial charge in [-0.1, -0.05) is 6.92 Å². The van der Waals surface area contributed by atoms with Crippen molar-refractivity contribution in [3.8, 4) is 6.07 Å². The standard InChI is InChI=1S/C13H14N6O2/c1-3-11-10(8-18(2)17-11)7-16-13-12(19(20)21)4-9(5-14)6-15-13/h4,6,8H,3,7H2,1-2H3,(H,15,16). The summed E-state index contributed by atoms with van der Waals surface area (Å²) >= 11 is 0. The van der Waals surface area contributed by atoms with Gasteiger partial charge in [0.05, 0.1) is 16.2 Å².